The molecule has 12 rings (SSSR count). The summed E-state index contributed by atoms with van der Waals surface area (Å²) < 4.78 is 0. The number of phenols is 6. The highest BCUT2D eigenvalue weighted by molar-refractivity contribution is 6.11. The SMILES string of the molecule is C=CC1=C(/C=C\C)C(C)(C)c2cc(N(c3ccc(-c4ccc(N(c5c(O)cc6c(O)c(O)c(O)c(O)c6c5O)c5cccc6ccccc56)cc4)cc3)c3ccc4c(c3)C(C)(C)c3ccccc3-4)c3ccccc3c21.CO. The number of aliphatic hydroxyl groups is 1. The smallest absolute Gasteiger partial charge is 0.205 e. The Morgan fingerprint density at radius 3 is 1.70 bits per heavy atom. The van der Waals surface area contributed by atoms with Gasteiger partial charge in [0.2, 0.25) is 11.5 Å². The molecule has 0 bridgehead atoms. The van der Waals surface area contributed by atoms with Gasteiger partial charge in [0.25, 0.3) is 0 Å². The number of aliphatic hydroxyl groups excluding tert-OH is 1. The molecule has 0 unspecified atom stereocenters. The molecule has 0 saturated heterocycles. The predicted octanol–water partition coefficient (Wildman–Crippen LogP) is 16.7. The molecule has 0 aliphatic heterocycles. The topological polar surface area (TPSA) is 148 Å². The van der Waals surface area contributed by atoms with Gasteiger partial charge in [-0.05, 0) is 128 Å². The van der Waals surface area contributed by atoms with Gasteiger partial charge < -0.3 is 45.5 Å². The zero-order chi connectivity index (χ0) is 54.2. The zero-order valence-electron chi connectivity index (χ0n) is 43.6. The first-order valence-electron chi connectivity index (χ1n) is 25.5. The van der Waals surface area contributed by atoms with E-state index in [2.05, 4.69) is 155 Å². The van der Waals surface area contributed by atoms with E-state index in [0.717, 1.165) is 63.1 Å². The Balaban J connectivity index is 0.00000312. The summed E-state index contributed by atoms with van der Waals surface area (Å²) in [6.07, 6.45) is 6.35. The summed E-state index contributed by atoms with van der Waals surface area (Å²) in [6.45, 7) is 15.6. The van der Waals surface area contributed by atoms with E-state index in [-0.39, 0.29) is 27.3 Å². The summed E-state index contributed by atoms with van der Waals surface area (Å²) in [5, 5.41) is 76.8. The lowest BCUT2D eigenvalue weighted by atomic mass is 9.80. The van der Waals surface area contributed by atoms with Crippen molar-refractivity contribution in [3.8, 4) is 56.8 Å². The Hall–Kier alpha value is -9.44. The normalized spacial score (nSPS) is 13.9. The van der Waals surface area contributed by atoms with E-state index in [0.29, 0.717) is 11.4 Å². The van der Waals surface area contributed by atoms with Gasteiger partial charge in [-0.25, -0.2) is 0 Å². The van der Waals surface area contributed by atoms with Crippen molar-refractivity contribution in [1.82, 2.24) is 0 Å². The average Bonchev–Trinajstić information content (AvgIpc) is 4.11. The summed E-state index contributed by atoms with van der Waals surface area (Å²) >= 11 is 0. The van der Waals surface area contributed by atoms with Crippen molar-refractivity contribution in [2.75, 3.05) is 16.9 Å². The summed E-state index contributed by atoms with van der Waals surface area (Å²) in [5.41, 5.74) is 15.4. The number of anilines is 6. The van der Waals surface area contributed by atoms with Crippen LogP contribution in [0.1, 0.15) is 56.9 Å². The van der Waals surface area contributed by atoms with Gasteiger partial charge in [0.1, 0.15) is 11.4 Å². The molecule has 0 amide bonds. The van der Waals surface area contributed by atoms with E-state index >= 15 is 0 Å². The van der Waals surface area contributed by atoms with Crippen LogP contribution in [0.5, 0.6) is 34.5 Å². The lowest BCUT2D eigenvalue weighted by Crippen LogP contribution is -2.19. The number of fused-ring (bicyclic) bond motifs is 8. The van der Waals surface area contributed by atoms with Gasteiger partial charge in [-0.1, -0.05) is 168 Å². The van der Waals surface area contributed by atoms with Crippen molar-refractivity contribution in [2.24, 2.45) is 0 Å². The molecule has 0 spiro atoms. The number of benzene rings is 10. The second kappa shape index (κ2) is 18.7. The van der Waals surface area contributed by atoms with Crippen molar-refractivity contribution < 1.29 is 35.7 Å². The molecule has 382 valence electrons. The molecule has 0 atom stereocenters. The number of aromatic hydroxyl groups is 6. The van der Waals surface area contributed by atoms with Crippen molar-refractivity contribution in [1.29, 1.82) is 0 Å². The molecule has 2 aliphatic rings. The van der Waals surface area contributed by atoms with E-state index in [1.54, 1.807) is 4.90 Å². The molecule has 0 saturated carbocycles. The Bertz CT molecular complexity index is 4110. The summed E-state index contributed by atoms with van der Waals surface area (Å²) in [6, 6.07) is 57.6. The van der Waals surface area contributed by atoms with Crippen molar-refractivity contribution in [3.05, 3.63) is 222 Å². The first-order valence-corrected chi connectivity index (χ1v) is 25.5. The minimum Gasteiger partial charge on any atom is -0.506 e. The Labute approximate surface area is 447 Å². The fraction of sp³-hybridized carbons (Fsp3) is 0.118. The van der Waals surface area contributed by atoms with Crippen LogP contribution in [-0.2, 0) is 10.8 Å². The van der Waals surface area contributed by atoms with Crippen molar-refractivity contribution >= 4 is 72.0 Å². The highest BCUT2D eigenvalue weighted by Crippen LogP contribution is 2.59. The van der Waals surface area contributed by atoms with Crippen molar-refractivity contribution in [3.63, 3.8) is 0 Å². The first kappa shape index (κ1) is 49.8. The van der Waals surface area contributed by atoms with Crippen LogP contribution in [0.4, 0.5) is 34.1 Å². The molecule has 0 heterocycles. The Morgan fingerprint density at radius 2 is 1.03 bits per heavy atom. The third-order valence-corrected chi connectivity index (χ3v) is 15.8. The minimum absolute atomic E-state index is 0.119. The maximum Gasteiger partial charge on any atom is 0.205 e. The van der Waals surface area contributed by atoms with E-state index in [9.17, 15) is 30.6 Å². The highest BCUT2D eigenvalue weighted by atomic mass is 16.3. The van der Waals surface area contributed by atoms with Gasteiger partial charge in [-0.3, -0.25) is 0 Å². The van der Waals surface area contributed by atoms with E-state index in [1.807, 2.05) is 72.8 Å². The molecule has 0 aromatic heterocycles. The summed E-state index contributed by atoms with van der Waals surface area (Å²) in [5.74, 6) is -4.73. The number of rotatable bonds is 9. The van der Waals surface area contributed by atoms with Gasteiger partial charge in [0, 0.05) is 51.2 Å². The predicted molar refractivity (Wildman–Crippen MR) is 314 cm³/mol. The van der Waals surface area contributed by atoms with E-state index in [4.69, 9.17) is 5.11 Å². The monoisotopic (exact) mass is 1010 g/mol. The molecule has 7 N–H and O–H groups in total. The third-order valence-electron chi connectivity index (χ3n) is 15.8. The van der Waals surface area contributed by atoms with Crippen LogP contribution < -0.4 is 9.80 Å². The molecule has 2 aliphatic carbocycles. The molecule has 0 fully saturated rings. The minimum atomic E-state index is -1.01. The molecule has 9 nitrogen and oxygen atoms in total. The zero-order valence-corrected chi connectivity index (χ0v) is 43.6. The quantitative estimate of drug-likeness (QED) is 0.0554. The second-order valence-corrected chi connectivity index (χ2v) is 20.6. The molecule has 10 aromatic rings. The fourth-order valence-corrected chi connectivity index (χ4v) is 12.0. The first-order chi connectivity index (χ1) is 37.1. The number of hydrogen-bond acceptors (Lipinski definition) is 9. The lowest BCUT2D eigenvalue weighted by Gasteiger charge is -2.31. The Kier molecular flexibility index (Phi) is 12.1. The molecule has 9 heteroatoms. The van der Waals surface area contributed by atoms with Crippen LogP contribution in [0.3, 0.4) is 0 Å². The number of phenolic OH excluding ortho intramolecular Hbond substituents is 6. The molecule has 77 heavy (non-hydrogen) atoms. The van der Waals surface area contributed by atoms with Gasteiger partial charge in [0.15, 0.2) is 17.2 Å². The third kappa shape index (κ3) is 7.56. The Morgan fingerprint density at radius 1 is 0.455 bits per heavy atom. The van der Waals surface area contributed by atoms with E-state index in [1.165, 1.54) is 44.3 Å². The highest BCUT2D eigenvalue weighted by Gasteiger charge is 2.39. The standard InChI is InChI=1S/C67H54N2O6.CH4O/c1-7-16-51-44(8-2)58-49-22-12-11-21-48(49)56(37-54(58)67(51,5)6)68(43-33-34-47-46-20-13-14-23-52(46)66(3,4)53(47)35-43)41-29-25-38(26-30-41)39-27-31-42(32-28-39)69(55-24-15-18-40-17-9-10-19-45(40)55)60-57(70)36-50-59(62(60)72)63(73)65(75)64(74)61(50)71;1-2/h7-37,70-75H,2H2,1,3-6H3;2H,1H3/b16-7-;. The molecular formula is C68H58N2O7. The number of nitrogens with zero attached hydrogens (tertiary/aromatic N) is 2. The summed E-state index contributed by atoms with van der Waals surface area (Å²) in [4.78, 5) is 4.07. The van der Waals surface area contributed by atoms with Gasteiger partial charge in [-0.15, -0.1) is 0 Å². The second-order valence-electron chi connectivity index (χ2n) is 20.6. The van der Waals surface area contributed by atoms with Crippen LogP contribution in [0.2, 0.25) is 0 Å². The van der Waals surface area contributed by atoms with Crippen LogP contribution in [0.25, 0.3) is 60.1 Å². The molecule has 0 radical (unpaired) electrons. The van der Waals surface area contributed by atoms with Crippen LogP contribution in [0, 0.1) is 0 Å². The van der Waals surface area contributed by atoms with E-state index < -0.39 is 34.5 Å². The maximum atomic E-state index is 12.0. The molecule has 10 aromatic carbocycles. The van der Waals surface area contributed by atoms with Crippen LogP contribution >= 0.6 is 0 Å². The summed E-state index contributed by atoms with van der Waals surface area (Å²) in [7, 11) is 1.00. The van der Waals surface area contributed by atoms with Gasteiger partial charge in [0.05, 0.1) is 16.8 Å². The number of hydrogen-bond donors (Lipinski definition) is 7. The maximum absolute atomic E-state index is 12.0. The fourth-order valence-electron chi connectivity index (χ4n) is 12.0. The number of allylic oxidation sites excluding steroid dienone is 5. The van der Waals surface area contributed by atoms with Crippen LogP contribution in [-0.4, -0.2) is 42.9 Å². The van der Waals surface area contributed by atoms with Gasteiger partial charge >= 0.3 is 0 Å². The average molecular weight is 1020 g/mol. The molecular weight excluding hydrogens is 957 g/mol. The largest absolute Gasteiger partial charge is 0.506 e. The van der Waals surface area contributed by atoms with Gasteiger partial charge in [-0.2, -0.15) is 0 Å². The van der Waals surface area contributed by atoms with Crippen LogP contribution in [0.15, 0.2) is 200 Å². The van der Waals surface area contributed by atoms with Crippen molar-refractivity contribution in [2.45, 2.75) is 45.4 Å². The lowest BCUT2D eigenvalue weighted by molar-refractivity contribution is 0.349.